The van der Waals surface area contributed by atoms with Crippen molar-refractivity contribution in [3.63, 3.8) is 0 Å². The smallest absolute Gasteiger partial charge is 0.0388 e. The van der Waals surface area contributed by atoms with Gasteiger partial charge in [0.05, 0.1) is 0 Å². The first-order chi connectivity index (χ1) is 8.76. The zero-order chi connectivity index (χ0) is 13.6. The van der Waals surface area contributed by atoms with E-state index < -0.39 is 0 Å². The summed E-state index contributed by atoms with van der Waals surface area (Å²) in [5, 5.41) is 0. The van der Waals surface area contributed by atoms with Crippen LogP contribution in [-0.2, 0) is 0 Å². The van der Waals surface area contributed by atoms with Gasteiger partial charge in [0.15, 0.2) is 0 Å². The third-order valence-electron chi connectivity index (χ3n) is 4.33. The van der Waals surface area contributed by atoms with Gasteiger partial charge in [0.1, 0.15) is 0 Å². The number of hydrogen-bond donors (Lipinski definition) is 0. The molecule has 2 unspecified atom stereocenters. The average Bonchev–Trinajstić information content (AvgIpc) is 2.39. The van der Waals surface area contributed by atoms with E-state index >= 15 is 0 Å². The molecule has 0 nitrogen and oxygen atoms in total. The second-order valence-corrected chi connectivity index (χ2v) is 6.08. The van der Waals surface area contributed by atoms with Crippen molar-refractivity contribution in [1.29, 1.82) is 0 Å². The fraction of sp³-hybridized carbons (Fsp3) is 0.944. The van der Waals surface area contributed by atoms with Gasteiger partial charge in [-0.15, -0.1) is 0 Å². The highest BCUT2D eigenvalue weighted by Crippen LogP contribution is 2.37. The number of hydrogen-bond acceptors (Lipinski definition) is 0. The molecule has 0 heterocycles. The van der Waals surface area contributed by atoms with Crippen molar-refractivity contribution in [3.8, 4) is 0 Å². The number of rotatable bonds is 9. The van der Waals surface area contributed by atoms with Gasteiger partial charge in [-0.3, -0.25) is 0 Å². The predicted octanol–water partition coefficient (Wildman–Crippen LogP) is 6.79. The van der Waals surface area contributed by atoms with E-state index in [-0.39, 0.29) is 0 Å². The van der Waals surface area contributed by atoms with Gasteiger partial charge in [0.2, 0.25) is 0 Å². The number of unbranched alkanes of at least 4 members (excludes halogenated alkanes) is 7. The van der Waals surface area contributed by atoms with Crippen molar-refractivity contribution in [2.24, 2.45) is 11.8 Å². The molecule has 0 aromatic heterocycles. The first-order valence-corrected chi connectivity index (χ1v) is 8.55. The van der Waals surface area contributed by atoms with Crippen LogP contribution in [0.1, 0.15) is 97.8 Å². The quantitative estimate of drug-likeness (QED) is 0.397. The summed E-state index contributed by atoms with van der Waals surface area (Å²) in [6.07, 6.45) is 16.9. The maximum Gasteiger partial charge on any atom is -0.0388 e. The predicted molar refractivity (Wildman–Crippen MR) is 84.8 cm³/mol. The highest BCUT2D eigenvalue weighted by molar-refractivity contribution is 4.76. The molecule has 1 radical (unpaired) electrons. The second kappa shape index (κ2) is 13.4. The first-order valence-electron chi connectivity index (χ1n) is 8.55. The Hall–Kier alpha value is 0. The van der Waals surface area contributed by atoms with E-state index in [0.717, 1.165) is 18.3 Å². The van der Waals surface area contributed by atoms with Crippen LogP contribution in [0.4, 0.5) is 0 Å². The molecular formula is C18H37. The third kappa shape index (κ3) is 9.97. The molecule has 0 aromatic carbocycles. The van der Waals surface area contributed by atoms with Gasteiger partial charge in [-0.1, -0.05) is 98.3 Å². The Bertz CT molecular complexity index is 146. The molecular weight excluding hydrogens is 216 g/mol. The Morgan fingerprint density at radius 2 is 1.44 bits per heavy atom. The standard InChI is InChI=1S/C12H24.C6H13/c1-3-4-5-6-7-8-12-10-9-11(12)2;1-3-5-6-4-2/h11-12H,3-10H2,1-2H3;1,3-6H2,2H3. The molecule has 0 N–H and O–H groups in total. The molecule has 1 fully saturated rings. The molecule has 18 heavy (non-hydrogen) atoms. The van der Waals surface area contributed by atoms with Crippen molar-refractivity contribution in [2.45, 2.75) is 97.8 Å². The SMILES string of the molecule is CCCCCCCC1CCC1C.[CH2]CCCCC. The average molecular weight is 253 g/mol. The fourth-order valence-electron chi connectivity index (χ4n) is 2.60. The molecule has 0 aliphatic heterocycles. The van der Waals surface area contributed by atoms with Crippen LogP contribution in [0.25, 0.3) is 0 Å². The van der Waals surface area contributed by atoms with Crippen LogP contribution in [0, 0.1) is 18.8 Å². The minimum atomic E-state index is 1.05. The van der Waals surface area contributed by atoms with Gasteiger partial charge in [-0.05, 0) is 18.3 Å². The largest absolute Gasteiger partial charge is 0.0654 e. The van der Waals surface area contributed by atoms with Crippen molar-refractivity contribution in [3.05, 3.63) is 6.92 Å². The highest BCUT2D eigenvalue weighted by Gasteiger charge is 2.25. The van der Waals surface area contributed by atoms with Crippen LogP contribution in [0.15, 0.2) is 0 Å². The molecule has 1 aliphatic carbocycles. The van der Waals surface area contributed by atoms with E-state index in [2.05, 4.69) is 27.7 Å². The molecule has 1 aliphatic rings. The van der Waals surface area contributed by atoms with Crippen LogP contribution < -0.4 is 0 Å². The summed E-state index contributed by atoms with van der Waals surface area (Å²) in [6.45, 7) is 10.6. The topological polar surface area (TPSA) is 0 Å². The first kappa shape index (κ1) is 18.0. The Labute approximate surface area is 117 Å². The molecule has 0 saturated heterocycles. The van der Waals surface area contributed by atoms with E-state index in [1.54, 1.807) is 0 Å². The van der Waals surface area contributed by atoms with Gasteiger partial charge < -0.3 is 0 Å². The summed E-state index contributed by atoms with van der Waals surface area (Å²) < 4.78 is 0. The lowest BCUT2D eigenvalue weighted by atomic mass is 9.72. The Kier molecular flexibility index (Phi) is 13.4. The summed E-state index contributed by atoms with van der Waals surface area (Å²) in [5.74, 6) is 2.16. The van der Waals surface area contributed by atoms with Crippen LogP contribution >= 0.6 is 0 Å². The summed E-state index contributed by atoms with van der Waals surface area (Å²) in [6, 6.07) is 0. The highest BCUT2D eigenvalue weighted by atomic mass is 14.3. The van der Waals surface area contributed by atoms with Crippen LogP contribution in [0.5, 0.6) is 0 Å². The van der Waals surface area contributed by atoms with Crippen molar-refractivity contribution in [1.82, 2.24) is 0 Å². The maximum atomic E-state index is 3.72. The van der Waals surface area contributed by atoms with Crippen LogP contribution in [-0.4, -0.2) is 0 Å². The van der Waals surface area contributed by atoms with Crippen molar-refractivity contribution < 1.29 is 0 Å². The monoisotopic (exact) mass is 253 g/mol. The Morgan fingerprint density at radius 3 is 1.83 bits per heavy atom. The lowest BCUT2D eigenvalue weighted by molar-refractivity contribution is 0.178. The molecule has 2 atom stereocenters. The molecule has 0 aromatic rings. The summed E-state index contributed by atoms with van der Waals surface area (Å²) in [7, 11) is 0. The normalized spacial score (nSPS) is 22.0. The molecule has 0 spiro atoms. The van der Waals surface area contributed by atoms with Gasteiger partial charge in [0, 0.05) is 0 Å². The maximum absolute atomic E-state index is 3.72. The van der Waals surface area contributed by atoms with E-state index in [1.165, 1.54) is 70.6 Å². The van der Waals surface area contributed by atoms with Crippen LogP contribution in [0.2, 0.25) is 0 Å². The Balaban J connectivity index is 0.000000411. The molecule has 1 rings (SSSR count). The zero-order valence-corrected chi connectivity index (χ0v) is 13.3. The minimum Gasteiger partial charge on any atom is -0.0654 e. The summed E-state index contributed by atoms with van der Waals surface area (Å²) in [4.78, 5) is 0. The molecule has 109 valence electrons. The van der Waals surface area contributed by atoms with Gasteiger partial charge in [-0.2, -0.15) is 0 Å². The molecule has 0 heteroatoms. The fourth-order valence-corrected chi connectivity index (χ4v) is 2.60. The third-order valence-corrected chi connectivity index (χ3v) is 4.33. The van der Waals surface area contributed by atoms with Crippen LogP contribution in [0.3, 0.4) is 0 Å². The second-order valence-electron chi connectivity index (χ2n) is 6.08. The Morgan fingerprint density at radius 1 is 0.833 bits per heavy atom. The minimum absolute atomic E-state index is 1.05. The molecule has 0 amide bonds. The van der Waals surface area contributed by atoms with E-state index in [0.29, 0.717) is 0 Å². The lowest BCUT2D eigenvalue weighted by Crippen LogP contribution is -2.22. The molecule has 1 saturated carbocycles. The van der Waals surface area contributed by atoms with Crippen molar-refractivity contribution >= 4 is 0 Å². The van der Waals surface area contributed by atoms with Gasteiger partial charge >= 0.3 is 0 Å². The molecule has 0 bridgehead atoms. The van der Waals surface area contributed by atoms with Gasteiger partial charge in [-0.25, -0.2) is 0 Å². The zero-order valence-electron chi connectivity index (χ0n) is 13.3. The van der Waals surface area contributed by atoms with E-state index in [1.807, 2.05) is 0 Å². The summed E-state index contributed by atoms with van der Waals surface area (Å²) >= 11 is 0. The lowest BCUT2D eigenvalue weighted by Gasteiger charge is -2.33. The van der Waals surface area contributed by atoms with Gasteiger partial charge in [0.25, 0.3) is 0 Å². The van der Waals surface area contributed by atoms with Crippen molar-refractivity contribution in [2.75, 3.05) is 0 Å². The van der Waals surface area contributed by atoms with E-state index in [9.17, 15) is 0 Å². The van der Waals surface area contributed by atoms with E-state index in [4.69, 9.17) is 0 Å². The summed E-state index contributed by atoms with van der Waals surface area (Å²) in [5.41, 5.74) is 0.